The average Bonchev–Trinajstić information content (AvgIpc) is 3.47. The van der Waals surface area contributed by atoms with Gasteiger partial charge in [-0.05, 0) is 36.6 Å². The van der Waals surface area contributed by atoms with E-state index in [1.54, 1.807) is 17.9 Å². The molecule has 2 fully saturated rings. The SMILES string of the molecule is COc1cccc(OCc2c(C(=O)N(CC(C)C)[C@@H]3CNC[C@H](C(=O)N4CCOCC4)C3)nnn2-c2ccccc2)c1.Cl. The van der Waals surface area contributed by atoms with E-state index >= 15 is 0 Å². The van der Waals surface area contributed by atoms with Crippen LogP contribution in [0.3, 0.4) is 0 Å². The van der Waals surface area contributed by atoms with Crippen LogP contribution in [-0.2, 0) is 16.1 Å². The Hall–Kier alpha value is -3.67. The Morgan fingerprint density at radius 2 is 1.81 bits per heavy atom. The van der Waals surface area contributed by atoms with Gasteiger partial charge in [0.2, 0.25) is 5.91 Å². The monoisotopic (exact) mass is 612 g/mol. The zero-order chi connectivity index (χ0) is 29.5. The van der Waals surface area contributed by atoms with E-state index in [0.717, 1.165) is 5.69 Å². The predicted octanol–water partition coefficient (Wildman–Crippen LogP) is 3.21. The summed E-state index contributed by atoms with van der Waals surface area (Å²) < 4.78 is 18.6. The Morgan fingerprint density at radius 1 is 1.07 bits per heavy atom. The molecule has 0 radical (unpaired) electrons. The Kier molecular flexibility index (Phi) is 11.4. The molecule has 43 heavy (non-hydrogen) atoms. The van der Waals surface area contributed by atoms with E-state index in [1.165, 1.54) is 0 Å². The number of morpholine rings is 1. The second-order valence-electron chi connectivity index (χ2n) is 11.1. The number of carbonyl (C=O) groups is 2. The smallest absolute Gasteiger partial charge is 0.276 e. The number of nitrogens with zero attached hydrogens (tertiary/aromatic N) is 5. The molecule has 232 valence electrons. The molecule has 0 bridgehead atoms. The van der Waals surface area contributed by atoms with E-state index in [4.69, 9.17) is 14.2 Å². The molecule has 5 rings (SSSR count). The van der Waals surface area contributed by atoms with Gasteiger partial charge in [-0.3, -0.25) is 9.59 Å². The summed E-state index contributed by atoms with van der Waals surface area (Å²) >= 11 is 0. The van der Waals surface area contributed by atoms with Crippen molar-refractivity contribution in [1.82, 2.24) is 30.1 Å². The molecule has 1 N–H and O–H groups in total. The first-order chi connectivity index (χ1) is 20.4. The zero-order valence-electron chi connectivity index (χ0n) is 25.0. The van der Waals surface area contributed by atoms with Crippen LogP contribution in [0.5, 0.6) is 11.5 Å². The average molecular weight is 613 g/mol. The Labute approximate surface area is 258 Å². The van der Waals surface area contributed by atoms with Gasteiger partial charge in [0.25, 0.3) is 5.91 Å². The van der Waals surface area contributed by atoms with Crippen LogP contribution in [0.2, 0.25) is 0 Å². The van der Waals surface area contributed by atoms with E-state index in [-0.39, 0.29) is 54.4 Å². The summed E-state index contributed by atoms with van der Waals surface area (Å²) in [5.74, 6) is 1.18. The highest BCUT2D eigenvalue weighted by atomic mass is 35.5. The highest BCUT2D eigenvalue weighted by Gasteiger charge is 2.37. The van der Waals surface area contributed by atoms with Crippen molar-refractivity contribution in [3.05, 3.63) is 66.0 Å². The fraction of sp³-hybridized carbons (Fsp3) is 0.484. The standard InChI is InChI=1S/C31H40N6O5.ClH/c1-22(2)20-36(25-16-23(18-32-19-25)30(38)35-12-14-41-15-13-35)31(39)29-28(21-42-27-11-7-10-26(17-27)40-3)37(34-33-29)24-8-5-4-6-9-24;/h4-11,17,22-23,25,32H,12-16,18-21H2,1-3H3;1H/t23-,25+;/m1./s1. The third-order valence-electron chi connectivity index (χ3n) is 7.65. The van der Waals surface area contributed by atoms with E-state index in [2.05, 4.69) is 29.5 Å². The predicted molar refractivity (Wildman–Crippen MR) is 164 cm³/mol. The minimum Gasteiger partial charge on any atom is -0.497 e. The van der Waals surface area contributed by atoms with Gasteiger partial charge in [-0.25, -0.2) is 4.68 Å². The van der Waals surface area contributed by atoms with E-state index in [0.29, 0.717) is 69.6 Å². The van der Waals surface area contributed by atoms with Crippen LogP contribution in [0, 0.1) is 11.8 Å². The molecule has 0 saturated carbocycles. The summed E-state index contributed by atoms with van der Waals surface area (Å²) in [6.07, 6.45) is 0.587. The van der Waals surface area contributed by atoms with Crippen molar-refractivity contribution in [3.8, 4) is 17.2 Å². The van der Waals surface area contributed by atoms with Crippen molar-refractivity contribution in [3.63, 3.8) is 0 Å². The maximum absolute atomic E-state index is 14.3. The van der Waals surface area contributed by atoms with Crippen LogP contribution in [0.15, 0.2) is 54.6 Å². The van der Waals surface area contributed by atoms with Crippen molar-refractivity contribution in [2.75, 3.05) is 53.0 Å². The number of halogens is 1. The molecule has 2 saturated heterocycles. The summed E-state index contributed by atoms with van der Waals surface area (Å²) in [4.78, 5) is 31.4. The number of nitrogens with one attached hydrogen (secondary N) is 1. The lowest BCUT2D eigenvalue weighted by atomic mass is 9.92. The van der Waals surface area contributed by atoms with Crippen LogP contribution in [0.1, 0.15) is 36.5 Å². The summed E-state index contributed by atoms with van der Waals surface area (Å²) in [6.45, 7) is 8.30. The van der Waals surface area contributed by atoms with Crippen molar-refractivity contribution in [1.29, 1.82) is 0 Å². The lowest BCUT2D eigenvalue weighted by Crippen LogP contribution is -2.56. The number of piperidine rings is 1. The molecule has 2 aliphatic rings. The van der Waals surface area contributed by atoms with Gasteiger partial charge < -0.3 is 29.3 Å². The number of carbonyl (C=O) groups excluding carboxylic acids is 2. The van der Waals surface area contributed by atoms with Crippen molar-refractivity contribution in [2.24, 2.45) is 11.8 Å². The molecule has 2 amide bonds. The fourth-order valence-corrected chi connectivity index (χ4v) is 5.53. The van der Waals surface area contributed by atoms with Crippen LogP contribution in [0.25, 0.3) is 5.69 Å². The third kappa shape index (κ3) is 7.84. The summed E-state index contributed by atoms with van der Waals surface area (Å²) in [5.41, 5.74) is 1.57. The largest absolute Gasteiger partial charge is 0.497 e. The van der Waals surface area contributed by atoms with E-state index < -0.39 is 0 Å². The third-order valence-corrected chi connectivity index (χ3v) is 7.65. The molecule has 2 aromatic carbocycles. The number of rotatable bonds is 10. The highest BCUT2D eigenvalue weighted by Crippen LogP contribution is 2.25. The number of hydrogen-bond donors (Lipinski definition) is 1. The van der Waals surface area contributed by atoms with Crippen molar-refractivity contribution >= 4 is 24.2 Å². The number of benzene rings is 2. The number of ether oxygens (including phenoxy) is 3. The zero-order valence-corrected chi connectivity index (χ0v) is 25.8. The Morgan fingerprint density at radius 3 is 2.53 bits per heavy atom. The van der Waals surface area contributed by atoms with Gasteiger partial charge >= 0.3 is 0 Å². The maximum Gasteiger partial charge on any atom is 0.276 e. The van der Waals surface area contributed by atoms with Crippen LogP contribution >= 0.6 is 12.4 Å². The number of hydrogen-bond acceptors (Lipinski definition) is 8. The van der Waals surface area contributed by atoms with Crippen LogP contribution in [-0.4, -0.2) is 95.7 Å². The molecule has 12 heteroatoms. The topological polar surface area (TPSA) is 111 Å². The summed E-state index contributed by atoms with van der Waals surface area (Å²) in [7, 11) is 1.60. The van der Waals surface area contributed by atoms with Crippen LogP contribution in [0.4, 0.5) is 0 Å². The van der Waals surface area contributed by atoms with Crippen molar-refractivity contribution in [2.45, 2.75) is 32.9 Å². The van der Waals surface area contributed by atoms with Crippen molar-refractivity contribution < 1.29 is 23.8 Å². The molecular weight excluding hydrogens is 572 g/mol. The molecule has 2 aliphatic heterocycles. The normalized spacial score (nSPS) is 18.6. The first-order valence-electron chi connectivity index (χ1n) is 14.6. The van der Waals surface area contributed by atoms with Crippen LogP contribution < -0.4 is 14.8 Å². The molecule has 0 aliphatic carbocycles. The minimum absolute atomic E-state index is 0. The molecule has 0 unspecified atom stereocenters. The molecule has 0 spiro atoms. The fourth-order valence-electron chi connectivity index (χ4n) is 5.53. The number of aromatic nitrogens is 3. The molecule has 3 aromatic rings. The second kappa shape index (κ2) is 15.2. The van der Waals surface area contributed by atoms with Gasteiger partial charge in [-0.15, -0.1) is 17.5 Å². The number of amides is 2. The van der Waals surface area contributed by atoms with Gasteiger partial charge in [0.05, 0.1) is 31.9 Å². The highest BCUT2D eigenvalue weighted by molar-refractivity contribution is 5.94. The van der Waals surface area contributed by atoms with Gasteiger partial charge in [0.1, 0.15) is 23.8 Å². The minimum atomic E-state index is -0.221. The first kappa shape index (κ1) is 32.2. The van der Waals surface area contributed by atoms with Gasteiger partial charge in [-0.1, -0.05) is 43.3 Å². The van der Waals surface area contributed by atoms with E-state index in [9.17, 15) is 9.59 Å². The number of methoxy groups -OCH3 is 1. The van der Waals surface area contributed by atoms with Gasteiger partial charge in [-0.2, -0.15) is 0 Å². The Bertz CT molecular complexity index is 1350. The quantitative estimate of drug-likeness (QED) is 0.372. The van der Waals surface area contributed by atoms with Gasteiger partial charge in [0.15, 0.2) is 5.69 Å². The number of para-hydroxylation sites is 1. The Balaban J connectivity index is 0.00000423. The molecule has 2 atom stereocenters. The lowest BCUT2D eigenvalue weighted by molar-refractivity contribution is -0.140. The molecule has 1 aromatic heterocycles. The second-order valence-corrected chi connectivity index (χ2v) is 11.1. The first-order valence-corrected chi connectivity index (χ1v) is 14.6. The summed E-state index contributed by atoms with van der Waals surface area (Å²) in [5, 5.41) is 12.2. The maximum atomic E-state index is 14.3. The molecule has 3 heterocycles. The van der Waals surface area contributed by atoms with Gasteiger partial charge in [0, 0.05) is 44.8 Å². The van der Waals surface area contributed by atoms with E-state index in [1.807, 2.05) is 58.3 Å². The lowest BCUT2D eigenvalue weighted by Gasteiger charge is -2.40. The summed E-state index contributed by atoms with van der Waals surface area (Å²) in [6, 6.07) is 16.7. The molecule has 11 nitrogen and oxygen atoms in total. The molecular formula is C31H41ClN6O5.